The molecule has 1 saturated heterocycles. The molecule has 1 aliphatic heterocycles. The van der Waals surface area contributed by atoms with E-state index in [1.54, 1.807) is 18.2 Å². The average molecular weight is 270 g/mol. The zero-order chi connectivity index (χ0) is 13.2. The first kappa shape index (κ1) is 13.2. The van der Waals surface area contributed by atoms with Gasteiger partial charge in [0.2, 0.25) is 0 Å². The lowest BCUT2D eigenvalue weighted by molar-refractivity contribution is 0.283. The summed E-state index contributed by atoms with van der Waals surface area (Å²) in [5.74, 6) is 0.652. The lowest BCUT2D eigenvalue weighted by Gasteiger charge is -2.19. The van der Waals surface area contributed by atoms with Crippen LogP contribution in [0, 0.1) is 0 Å². The van der Waals surface area contributed by atoms with E-state index in [1.807, 2.05) is 4.90 Å². The maximum Gasteiger partial charge on any atom is 0.151 e. The minimum absolute atomic E-state index is 0.191. The number of sulfone groups is 1. The Morgan fingerprint density at radius 3 is 2.83 bits per heavy atom. The van der Waals surface area contributed by atoms with Crippen LogP contribution in [0.4, 0.5) is 5.69 Å². The first-order valence-corrected chi connectivity index (χ1v) is 7.78. The Balaban J connectivity index is 2.07. The van der Waals surface area contributed by atoms with Crippen LogP contribution < -0.4 is 5.73 Å². The van der Waals surface area contributed by atoms with Gasteiger partial charge in [0.05, 0.1) is 11.5 Å². The Kier molecular flexibility index (Phi) is 3.77. The minimum atomic E-state index is -2.89. The Morgan fingerprint density at radius 2 is 2.06 bits per heavy atom. The van der Waals surface area contributed by atoms with E-state index >= 15 is 0 Å². The zero-order valence-corrected chi connectivity index (χ0v) is 11.0. The van der Waals surface area contributed by atoms with Gasteiger partial charge in [-0.3, -0.25) is 4.90 Å². The first-order chi connectivity index (χ1) is 8.46. The van der Waals surface area contributed by atoms with E-state index in [1.165, 1.54) is 0 Å². The van der Waals surface area contributed by atoms with Crippen LogP contribution in [-0.4, -0.2) is 43.0 Å². The second kappa shape index (κ2) is 5.16. The van der Waals surface area contributed by atoms with Crippen molar-refractivity contribution in [3.05, 3.63) is 23.8 Å². The fourth-order valence-electron chi connectivity index (χ4n) is 2.12. The number of nitrogens with two attached hydrogens (primary N) is 1. The highest BCUT2D eigenvalue weighted by Crippen LogP contribution is 2.22. The fourth-order valence-corrected chi connectivity index (χ4v) is 3.43. The average Bonchev–Trinajstić information content (AvgIpc) is 2.46. The molecule has 100 valence electrons. The quantitative estimate of drug-likeness (QED) is 0.607. The number of anilines is 1. The van der Waals surface area contributed by atoms with Crippen LogP contribution in [0.1, 0.15) is 12.0 Å². The van der Waals surface area contributed by atoms with Crippen LogP contribution in [0.5, 0.6) is 5.75 Å². The fraction of sp³-hybridized carbons (Fsp3) is 0.500. The number of nitrogen functional groups attached to an aromatic ring is 1. The molecule has 0 aliphatic carbocycles. The molecule has 1 fully saturated rings. The first-order valence-electron chi connectivity index (χ1n) is 5.96. The Bertz CT molecular complexity index is 528. The highest BCUT2D eigenvalue weighted by Gasteiger charge is 2.19. The Morgan fingerprint density at radius 1 is 1.28 bits per heavy atom. The molecule has 0 aromatic heterocycles. The molecule has 0 atom stereocenters. The molecule has 6 heteroatoms. The standard InChI is InChI=1S/C12H18N2O3S/c13-11-2-3-12(15)10(8-11)9-14-4-1-6-18(16,17)7-5-14/h2-3,8,15H,1,4-7,9,13H2. The summed E-state index contributed by atoms with van der Waals surface area (Å²) in [5.41, 5.74) is 7.03. The number of phenols is 1. The summed E-state index contributed by atoms with van der Waals surface area (Å²) >= 11 is 0. The molecule has 0 bridgehead atoms. The second-order valence-electron chi connectivity index (χ2n) is 4.67. The smallest absolute Gasteiger partial charge is 0.151 e. The molecule has 2 rings (SSSR count). The van der Waals surface area contributed by atoms with Crippen molar-refractivity contribution < 1.29 is 13.5 Å². The molecule has 1 aliphatic rings. The van der Waals surface area contributed by atoms with E-state index in [4.69, 9.17) is 5.73 Å². The monoisotopic (exact) mass is 270 g/mol. The summed E-state index contributed by atoms with van der Waals surface area (Å²) in [7, 11) is -2.89. The van der Waals surface area contributed by atoms with Crippen molar-refractivity contribution in [2.24, 2.45) is 0 Å². The molecule has 0 unspecified atom stereocenters. The summed E-state index contributed by atoms with van der Waals surface area (Å²) in [6.45, 7) is 1.77. The predicted octanol–water partition coefficient (Wildman–Crippen LogP) is 0.595. The van der Waals surface area contributed by atoms with Gasteiger partial charge in [-0.2, -0.15) is 0 Å². The number of nitrogens with zero attached hydrogens (tertiary/aromatic N) is 1. The molecule has 1 aromatic rings. The third-order valence-electron chi connectivity index (χ3n) is 3.15. The third-order valence-corrected chi connectivity index (χ3v) is 4.86. The lowest BCUT2D eigenvalue weighted by Crippen LogP contribution is -2.26. The molecule has 0 spiro atoms. The molecule has 0 amide bonds. The van der Waals surface area contributed by atoms with Crippen molar-refractivity contribution in [3.63, 3.8) is 0 Å². The molecule has 0 radical (unpaired) electrons. The van der Waals surface area contributed by atoms with Crippen molar-refractivity contribution in [3.8, 4) is 5.75 Å². The SMILES string of the molecule is Nc1ccc(O)c(CN2CCCS(=O)(=O)CC2)c1. The van der Waals surface area contributed by atoms with Crippen molar-refractivity contribution >= 4 is 15.5 Å². The molecular formula is C12H18N2O3S. The van der Waals surface area contributed by atoms with E-state index in [0.717, 1.165) is 12.1 Å². The van der Waals surface area contributed by atoms with Crippen LogP contribution >= 0.6 is 0 Å². The topological polar surface area (TPSA) is 83.6 Å². The largest absolute Gasteiger partial charge is 0.508 e. The van der Waals surface area contributed by atoms with Gasteiger partial charge in [0.25, 0.3) is 0 Å². The molecule has 3 N–H and O–H groups in total. The summed E-state index contributed by atoms with van der Waals surface area (Å²) in [6.07, 6.45) is 0.644. The van der Waals surface area contributed by atoms with Gasteiger partial charge in [-0.05, 0) is 31.2 Å². The van der Waals surface area contributed by atoms with Crippen LogP contribution in [0.15, 0.2) is 18.2 Å². The summed E-state index contributed by atoms with van der Waals surface area (Å²) < 4.78 is 23.0. The number of rotatable bonds is 2. The van der Waals surface area contributed by atoms with Crippen molar-refractivity contribution in [2.75, 3.05) is 30.3 Å². The van der Waals surface area contributed by atoms with Gasteiger partial charge in [-0.1, -0.05) is 0 Å². The molecule has 18 heavy (non-hydrogen) atoms. The highest BCUT2D eigenvalue weighted by atomic mass is 32.2. The van der Waals surface area contributed by atoms with Crippen molar-refractivity contribution in [2.45, 2.75) is 13.0 Å². The van der Waals surface area contributed by atoms with E-state index in [2.05, 4.69) is 0 Å². The van der Waals surface area contributed by atoms with Gasteiger partial charge in [0.1, 0.15) is 5.75 Å². The van der Waals surface area contributed by atoms with Crippen LogP contribution in [-0.2, 0) is 16.4 Å². The van der Waals surface area contributed by atoms with Gasteiger partial charge in [-0.25, -0.2) is 8.42 Å². The number of phenolic OH excluding ortho intramolecular Hbond substituents is 1. The predicted molar refractivity (Wildman–Crippen MR) is 71.1 cm³/mol. The van der Waals surface area contributed by atoms with Crippen molar-refractivity contribution in [1.82, 2.24) is 4.90 Å². The normalized spacial score (nSPS) is 20.4. The number of hydrogen-bond donors (Lipinski definition) is 2. The Hall–Kier alpha value is -1.27. The molecule has 1 heterocycles. The minimum Gasteiger partial charge on any atom is -0.508 e. The molecular weight excluding hydrogens is 252 g/mol. The Labute approximate surface area is 107 Å². The molecule has 1 aromatic carbocycles. The van der Waals surface area contributed by atoms with E-state index in [-0.39, 0.29) is 17.3 Å². The van der Waals surface area contributed by atoms with E-state index in [0.29, 0.717) is 25.2 Å². The van der Waals surface area contributed by atoms with Crippen molar-refractivity contribution in [1.29, 1.82) is 0 Å². The highest BCUT2D eigenvalue weighted by molar-refractivity contribution is 7.91. The maximum absolute atomic E-state index is 11.5. The van der Waals surface area contributed by atoms with Gasteiger partial charge in [0, 0.05) is 24.3 Å². The van der Waals surface area contributed by atoms with E-state index < -0.39 is 9.84 Å². The van der Waals surface area contributed by atoms with Crippen LogP contribution in [0.2, 0.25) is 0 Å². The molecule has 5 nitrogen and oxygen atoms in total. The van der Waals surface area contributed by atoms with Gasteiger partial charge < -0.3 is 10.8 Å². The van der Waals surface area contributed by atoms with Gasteiger partial charge >= 0.3 is 0 Å². The van der Waals surface area contributed by atoms with E-state index in [9.17, 15) is 13.5 Å². The number of hydrogen-bond acceptors (Lipinski definition) is 5. The summed E-state index contributed by atoms with van der Waals surface area (Å²) in [6, 6.07) is 4.94. The maximum atomic E-state index is 11.5. The van der Waals surface area contributed by atoms with Crippen LogP contribution in [0.25, 0.3) is 0 Å². The third kappa shape index (κ3) is 3.36. The molecule has 0 saturated carbocycles. The van der Waals surface area contributed by atoms with Gasteiger partial charge in [-0.15, -0.1) is 0 Å². The zero-order valence-electron chi connectivity index (χ0n) is 10.2. The number of aromatic hydroxyl groups is 1. The lowest BCUT2D eigenvalue weighted by atomic mass is 10.1. The van der Waals surface area contributed by atoms with Crippen LogP contribution in [0.3, 0.4) is 0 Å². The second-order valence-corrected chi connectivity index (χ2v) is 6.97. The summed E-state index contributed by atoms with van der Waals surface area (Å²) in [5, 5.41) is 9.74. The van der Waals surface area contributed by atoms with Gasteiger partial charge in [0.15, 0.2) is 9.84 Å². The number of benzene rings is 1. The summed E-state index contributed by atoms with van der Waals surface area (Å²) in [4.78, 5) is 2.04.